The SMILES string of the molecule is C[C@@H]1CN([C@H](C)CO)C(=O)c2cc(NS(=O)(=O)c3ccc(F)cc3)ccc2O[C@H]1CN(C)S(=O)(=O)c1ccccc1. The molecule has 0 bridgehead atoms. The Morgan fingerprint density at radius 2 is 1.71 bits per heavy atom. The molecule has 0 aliphatic carbocycles. The van der Waals surface area contributed by atoms with Gasteiger partial charge in [0.1, 0.15) is 17.7 Å². The molecule has 3 aromatic rings. The smallest absolute Gasteiger partial charge is 0.261 e. The lowest BCUT2D eigenvalue weighted by Crippen LogP contribution is -2.50. The molecule has 0 radical (unpaired) electrons. The quantitative estimate of drug-likeness (QED) is 0.383. The van der Waals surface area contributed by atoms with Gasteiger partial charge < -0.3 is 14.7 Å². The summed E-state index contributed by atoms with van der Waals surface area (Å²) in [5.74, 6) is -1.28. The Bertz CT molecular complexity index is 1600. The Kier molecular flexibility index (Phi) is 9.02. The van der Waals surface area contributed by atoms with Gasteiger partial charge in [0, 0.05) is 25.2 Å². The number of aliphatic hydroxyl groups is 1. The fourth-order valence-electron chi connectivity index (χ4n) is 4.46. The highest BCUT2D eigenvalue weighted by molar-refractivity contribution is 7.92. The average Bonchev–Trinajstić information content (AvgIpc) is 2.95. The molecule has 0 spiro atoms. The van der Waals surface area contributed by atoms with E-state index in [1.165, 1.54) is 46.6 Å². The zero-order valence-corrected chi connectivity index (χ0v) is 24.4. The van der Waals surface area contributed by atoms with E-state index in [4.69, 9.17) is 4.74 Å². The molecule has 2 N–H and O–H groups in total. The molecule has 1 amide bonds. The number of rotatable bonds is 9. The maximum Gasteiger partial charge on any atom is 0.261 e. The van der Waals surface area contributed by atoms with Crippen LogP contribution in [-0.4, -0.2) is 75.9 Å². The van der Waals surface area contributed by atoms with Crippen molar-refractivity contribution in [3.8, 4) is 5.75 Å². The minimum atomic E-state index is -4.10. The summed E-state index contributed by atoms with van der Waals surface area (Å²) in [4.78, 5) is 15.1. The molecule has 10 nitrogen and oxygen atoms in total. The molecule has 1 aliphatic heterocycles. The first-order valence-corrected chi connectivity index (χ1v) is 15.8. The zero-order chi connectivity index (χ0) is 29.9. The molecule has 0 saturated carbocycles. The van der Waals surface area contributed by atoms with E-state index >= 15 is 0 Å². The van der Waals surface area contributed by atoms with E-state index in [1.807, 2.05) is 6.92 Å². The number of fused-ring (bicyclic) bond motifs is 1. The van der Waals surface area contributed by atoms with Gasteiger partial charge in [0.15, 0.2) is 0 Å². The summed E-state index contributed by atoms with van der Waals surface area (Å²) in [5, 5.41) is 9.87. The van der Waals surface area contributed by atoms with Gasteiger partial charge in [0.2, 0.25) is 10.0 Å². The van der Waals surface area contributed by atoms with E-state index in [0.717, 1.165) is 24.3 Å². The van der Waals surface area contributed by atoms with Crippen LogP contribution in [0.1, 0.15) is 24.2 Å². The second kappa shape index (κ2) is 12.1. The van der Waals surface area contributed by atoms with Gasteiger partial charge in [0.25, 0.3) is 15.9 Å². The number of aliphatic hydroxyl groups excluding tert-OH is 1. The average molecular weight is 606 g/mol. The summed E-state index contributed by atoms with van der Waals surface area (Å²) in [5.41, 5.74) is 0.102. The van der Waals surface area contributed by atoms with Crippen molar-refractivity contribution in [2.75, 3.05) is 31.5 Å². The number of anilines is 1. The Hall–Kier alpha value is -3.52. The molecule has 3 atom stereocenters. The number of likely N-dealkylation sites (N-methyl/N-ethyl adjacent to an activating group) is 1. The number of nitrogens with zero attached hydrogens (tertiary/aromatic N) is 2. The maximum absolute atomic E-state index is 13.6. The van der Waals surface area contributed by atoms with E-state index in [1.54, 1.807) is 25.1 Å². The zero-order valence-electron chi connectivity index (χ0n) is 22.8. The molecule has 0 fully saturated rings. The number of carbonyl (C=O) groups excluding carboxylic acids is 1. The second-order valence-corrected chi connectivity index (χ2v) is 13.7. The lowest BCUT2D eigenvalue weighted by Gasteiger charge is -2.38. The van der Waals surface area contributed by atoms with Crippen LogP contribution in [0.3, 0.4) is 0 Å². The largest absolute Gasteiger partial charge is 0.488 e. The molecule has 0 saturated heterocycles. The topological polar surface area (TPSA) is 133 Å². The van der Waals surface area contributed by atoms with Crippen LogP contribution in [-0.2, 0) is 20.0 Å². The van der Waals surface area contributed by atoms with Crippen LogP contribution in [0, 0.1) is 11.7 Å². The number of hydrogen-bond donors (Lipinski definition) is 2. The van der Waals surface area contributed by atoms with Crippen molar-refractivity contribution in [1.29, 1.82) is 0 Å². The van der Waals surface area contributed by atoms with Crippen LogP contribution in [0.2, 0.25) is 0 Å². The van der Waals surface area contributed by atoms with E-state index < -0.39 is 43.9 Å². The normalized spacial score (nSPS) is 18.7. The number of ether oxygens (including phenoxy) is 1. The fraction of sp³-hybridized carbons (Fsp3) is 0.321. The van der Waals surface area contributed by atoms with Gasteiger partial charge >= 0.3 is 0 Å². The minimum absolute atomic E-state index is 0.0354. The molecule has 13 heteroatoms. The number of amides is 1. The molecule has 0 aromatic heterocycles. The number of sulfonamides is 2. The van der Waals surface area contributed by atoms with E-state index in [9.17, 15) is 31.1 Å². The van der Waals surface area contributed by atoms with Crippen molar-refractivity contribution in [3.63, 3.8) is 0 Å². The van der Waals surface area contributed by atoms with Gasteiger partial charge in [0.05, 0.1) is 34.5 Å². The summed E-state index contributed by atoms with van der Waals surface area (Å²) < 4.78 is 75.2. The van der Waals surface area contributed by atoms with Gasteiger partial charge in [-0.15, -0.1) is 0 Å². The first-order valence-electron chi connectivity index (χ1n) is 12.9. The number of hydrogen-bond acceptors (Lipinski definition) is 7. The Morgan fingerprint density at radius 1 is 1.05 bits per heavy atom. The first kappa shape index (κ1) is 30.4. The molecule has 3 aromatic carbocycles. The van der Waals surface area contributed by atoms with E-state index in [0.29, 0.717) is 0 Å². The third-order valence-corrected chi connectivity index (χ3v) is 10.2. The molecular formula is C28H32FN3O7S2. The highest BCUT2D eigenvalue weighted by Gasteiger charge is 2.35. The van der Waals surface area contributed by atoms with Gasteiger partial charge in [-0.3, -0.25) is 9.52 Å². The summed E-state index contributed by atoms with van der Waals surface area (Å²) >= 11 is 0. The summed E-state index contributed by atoms with van der Waals surface area (Å²) in [6.07, 6.45) is -0.694. The Morgan fingerprint density at radius 3 is 2.34 bits per heavy atom. The third kappa shape index (κ3) is 6.70. The molecule has 1 aliphatic rings. The van der Waals surface area contributed by atoms with Gasteiger partial charge in [-0.05, 0) is 61.5 Å². The standard InChI is InChI=1S/C28H32FN3O7S2/c1-19-16-32(20(2)18-33)28(34)25-15-22(30-40(35,36)23-12-9-21(29)10-13-23)11-14-26(25)39-27(19)17-31(3)41(37,38)24-7-5-4-6-8-24/h4-15,19-20,27,30,33H,16-18H2,1-3H3/t19-,20-,27+/m1/s1. The molecule has 1 heterocycles. The van der Waals surface area contributed by atoms with Crippen LogP contribution >= 0.6 is 0 Å². The van der Waals surface area contributed by atoms with Crippen molar-refractivity contribution >= 4 is 31.6 Å². The molecule has 41 heavy (non-hydrogen) atoms. The lowest BCUT2D eigenvalue weighted by atomic mass is 9.99. The van der Waals surface area contributed by atoms with E-state index in [-0.39, 0.29) is 52.4 Å². The summed E-state index contributed by atoms with van der Waals surface area (Å²) in [7, 11) is -6.48. The number of carbonyl (C=O) groups is 1. The Labute approximate surface area is 239 Å². The van der Waals surface area contributed by atoms with E-state index in [2.05, 4.69) is 4.72 Å². The van der Waals surface area contributed by atoms with Crippen molar-refractivity contribution in [2.24, 2.45) is 5.92 Å². The van der Waals surface area contributed by atoms with Crippen LogP contribution in [0.4, 0.5) is 10.1 Å². The highest BCUT2D eigenvalue weighted by Crippen LogP contribution is 2.32. The van der Waals surface area contributed by atoms with Crippen LogP contribution in [0.25, 0.3) is 0 Å². The van der Waals surface area contributed by atoms with Crippen molar-refractivity contribution in [3.05, 3.63) is 84.2 Å². The van der Waals surface area contributed by atoms with Gasteiger partial charge in [-0.25, -0.2) is 21.2 Å². The summed E-state index contributed by atoms with van der Waals surface area (Å²) in [6, 6.07) is 15.9. The molecular weight excluding hydrogens is 573 g/mol. The molecule has 220 valence electrons. The van der Waals surface area contributed by atoms with Crippen LogP contribution in [0.15, 0.2) is 82.6 Å². The molecule has 4 rings (SSSR count). The fourth-order valence-corrected chi connectivity index (χ4v) is 6.71. The minimum Gasteiger partial charge on any atom is -0.488 e. The lowest BCUT2D eigenvalue weighted by molar-refractivity contribution is 0.0387. The van der Waals surface area contributed by atoms with Crippen molar-refractivity contribution in [1.82, 2.24) is 9.21 Å². The maximum atomic E-state index is 13.6. The van der Waals surface area contributed by atoms with Crippen LogP contribution in [0.5, 0.6) is 5.75 Å². The van der Waals surface area contributed by atoms with Crippen molar-refractivity contribution in [2.45, 2.75) is 35.8 Å². The monoisotopic (exact) mass is 605 g/mol. The van der Waals surface area contributed by atoms with Crippen LogP contribution < -0.4 is 9.46 Å². The van der Waals surface area contributed by atoms with Crippen molar-refractivity contribution < 1.29 is 35.9 Å². The Balaban J connectivity index is 1.68. The molecule has 0 unspecified atom stereocenters. The van der Waals surface area contributed by atoms with Gasteiger partial charge in [-0.2, -0.15) is 4.31 Å². The highest BCUT2D eigenvalue weighted by atomic mass is 32.2. The number of nitrogens with one attached hydrogen (secondary N) is 1. The predicted octanol–water partition coefficient (Wildman–Crippen LogP) is 3.17. The third-order valence-electron chi connectivity index (χ3n) is 6.93. The number of halogens is 1. The summed E-state index contributed by atoms with van der Waals surface area (Å²) in [6.45, 7) is 3.29. The second-order valence-electron chi connectivity index (χ2n) is 9.99. The number of benzene rings is 3. The first-order chi connectivity index (χ1) is 19.3. The van der Waals surface area contributed by atoms with Gasteiger partial charge in [-0.1, -0.05) is 25.1 Å². The predicted molar refractivity (Wildman–Crippen MR) is 151 cm³/mol.